The van der Waals surface area contributed by atoms with Gasteiger partial charge in [-0.2, -0.15) is 6.08 Å². The summed E-state index contributed by atoms with van der Waals surface area (Å²) in [5.74, 6) is 0. The van der Waals surface area contributed by atoms with Gasteiger partial charge in [0.1, 0.15) is 0 Å². The van der Waals surface area contributed by atoms with Crippen LogP contribution in [0.4, 0.5) is 0 Å². The van der Waals surface area contributed by atoms with E-state index in [1.807, 2.05) is 12.2 Å². The Morgan fingerprint density at radius 1 is 1.00 bits per heavy atom. The van der Waals surface area contributed by atoms with Crippen LogP contribution in [0.25, 0.3) is 0 Å². The van der Waals surface area contributed by atoms with E-state index in [4.69, 9.17) is 0 Å². The van der Waals surface area contributed by atoms with Crippen LogP contribution in [-0.4, -0.2) is 0 Å². The van der Waals surface area contributed by atoms with E-state index >= 15 is 0 Å². The van der Waals surface area contributed by atoms with Crippen molar-refractivity contribution >= 4 is 0 Å². The Kier molecular flexibility index (Phi) is 60.3. The molecule has 0 radical (unpaired) electrons. The van der Waals surface area contributed by atoms with Gasteiger partial charge in [-0.3, -0.25) is 6.08 Å². The maximum atomic E-state index is 3.25. The van der Waals surface area contributed by atoms with E-state index in [-0.39, 0.29) is 21.1 Å². The van der Waals surface area contributed by atoms with E-state index in [9.17, 15) is 0 Å². The molecule has 0 heterocycles. The van der Waals surface area contributed by atoms with Crippen molar-refractivity contribution in [2.75, 3.05) is 0 Å². The molecule has 0 saturated heterocycles. The quantitative estimate of drug-likeness (QED) is 0.547. The Balaban J connectivity index is -0.0000000550. The molecule has 0 bridgehead atoms. The predicted molar refractivity (Wildman–Crippen MR) is 68.2 cm³/mol. The molecule has 0 unspecified atom stereocenters. The van der Waals surface area contributed by atoms with E-state index in [1.165, 1.54) is 18.2 Å². The molecule has 86 valence electrons. The predicted octanol–water partition coefficient (Wildman–Crippen LogP) is 4.32. The van der Waals surface area contributed by atoms with Crippen molar-refractivity contribution in [1.29, 1.82) is 0 Å². The second-order valence-electron chi connectivity index (χ2n) is 1.87. The fraction of sp³-hybridized carbons (Fsp3) is 0.0714. The molecule has 0 amide bonds. The standard InChI is InChI=1S/C5H5.3C3H5.Pt/c1-2-4-5-3-1;3*1-3-2;/h1-3H,4H2;3*3H,1-2H2;/q4*-1;+4. The number of hydrogen-bond acceptors (Lipinski definition) is 0. The van der Waals surface area contributed by atoms with Crippen LogP contribution in [0.5, 0.6) is 0 Å². The van der Waals surface area contributed by atoms with Crippen LogP contribution in [0, 0.1) is 26.8 Å². The summed E-state index contributed by atoms with van der Waals surface area (Å²) in [6.07, 6.45) is 14.5. The summed E-state index contributed by atoms with van der Waals surface area (Å²) in [6, 6.07) is 0. The molecule has 0 aromatic rings. The zero-order valence-electron chi connectivity index (χ0n) is 9.23. The summed E-state index contributed by atoms with van der Waals surface area (Å²) in [7, 11) is 0. The molecular formula is C14H20Pt. The molecule has 0 N–H and O–H groups in total. The van der Waals surface area contributed by atoms with Gasteiger partial charge in [0.2, 0.25) is 0 Å². The van der Waals surface area contributed by atoms with Crippen LogP contribution in [0.2, 0.25) is 0 Å². The van der Waals surface area contributed by atoms with Crippen molar-refractivity contribution in [2.45, 2.75) is 6.42 Å². The van der Waals surface area contributed by atoms with Gasteiger partial charge in [-0.05, 0) is 0 Å². The molecule has 1 aliphatic carbocycles. The summed E-state index contributed by atoms with van der Waals surface area (Å²) in [6.45, 7) is 19.5. The molecule has 0 aliphatic heterocycles. The summed E-state index contributed by atoms with van der Waals surface area (Å²) in [5.41, 5.74) is 0. The molecule has 1 aliphatic rings. The second-order valence-corrected chi connectivity index (χ2v) is 1.87. The van der Waals surface area contributed by atoms with Crippen molar-refractivity contribution in [3.8, 4) is 0 Å². The van der Waals surface area contributed by atoms with Gasteiger partial charge in [0.25, 0.3) is 0 Å². The van der Waals surface area contributed by atoms with Crippen LogP contribution in [0.15, 0.2) is 56.2 Å². The van der Waals surface area contributed by atoms with Gasteiger partial charge in [0.15, 0.2) is 0 Å². The Hall–Kier alpha value is -1.00. The third-order valence-electron chi connectivity index (χ3n) is 0.586. The van der Waals surface area contributed by atoms with Gasteiger partial charge in [0.05, 0.1) is 0 Å². The van der Waals surface area contributed by atoms with Crippen LogP contribution in [0.3, 0.4) is 0 Å². The van der Waals surface area contributed by atoms with E-state index in [2.05, 4.69) is 52.7 Å². The molecule has 0 atom stereocenters. The maximum absolute atomic E-state index is 3.25. The van der Waals surface area contributed by atoms with Crippen molar-refractivity contribution < 1.29 is 21.1 Å². The van der Waals surface area contributed by atoms with E-state index in [1.54, 1.807) is 0 Å². The summed E-state index contributed by atoms with van der Waals surface area (Å²) in [4.78, 5) is 0. The first-order chi connectivity index (χ1) is 6.74. The zero-order valence-corrected chi connectivity index (χ0v) is 11.5. The molecule has 1 rings (SSSR count). The zero-order chi connectivity index (χ0) is 11.7. The SMILES string of the molecule is C=C[CH2-].C=C[CH2-].C=C[CH2-].[C-]1=CC=CC1.[Pt+4]. The van der Waals surface area contributed by atoms with Crippen LogP contribution in [0.1, 0.15) is 6.42 Å². The average molecular weight is 383 g/mol. The summed E-state index contributed by atoms with van der Waals surface area (Å²) in [5, 5.41) is 0. The topological polar surface area (TPSA) is 0 Å². The Bertz CT molecular complexity index is 140. The first-order valence-corrected chi connectivity index (χ1v) is 4.17. The minimum absolute atomic E-state index is 0. The molecule has 0 fully saturated rings. The van der Waals surface area contributed by atoms with Crippen LogP contribution in [-0.2, 0) is 21.1 Å². The summed E-state index contributed by atoms with van der Waals surface area (Å²) >= 11 is 0. The van der Waals surface area contributed by atoms with Gasteiger partial charge < -0.3 is 0 Å². The molecule has 0 saturated carbocycles. The molecule has 0 aromatic heterocycles. The van der Waals surface area contributed by atoms with Gasteiger partial charge in [-0.1, -0.05) is 0 Å². The van der Waals surface area contributed by atoms with Crippen molar-refractivity contribution in [2.24, 2.45) is 0 Å². The second kappa shape index (κ2) is 38.2. The van der Waals surface area contributed by atoms with Crippen LogP contribution < -0.4 is 0 Å². The van der Waals surface area contributed by atoms with Crippen molar-refractivity contribution in [1.82, 2.24) is 0 Å². The van der Waals surface area contributed by atoms with E-state index < -0.39 is 0 Å². The largest absolute Gasteiger partial charge is 4.00 e. The molecule has 0 aromatic carbocycles. The molecule has 1 heteroatoms. The van der Waals surface area contributed by atoms with E-state index in [0.29, 0.717) is 0 Å². The Morgan fingerprint density at radius 3 is 1.40 bits per heavy atom. The van der Waals surface area contributed by atoms with Gasteiger partial charge >= 0.3 is 21.1 Å². The third kappa shape index (κ3) is 98.4. The smallest absolute Gasteiger partial charge is 0.273 e. The molecule has 0 nitrogen and oxygen atoms in total. The fourth-order valence-electron chi connectivity index (χ4n) is 0.340. The first-order valence-electron chi connectivity index (χ1n) is 4.17. The van der Waals surface area contributed by atoms with E-state index in [0.717, 1.165) is 6.42 Å². The van der Waals surface area contributed by atoms with Crippen molar-refractivity contribution in [3.63, 3.8) is 0 Å². The summed E-state index contributed by atoms with van der Waals surface area (Å²) < 4.78 is 0. The Labute approximate surface area is 110 Å². The number of allylic oxidation sites excluding steroid dienone is 7. The minimum atomic E-state index is 0. The Morgan fingerprint density at radius 2 is 1.33 bits per heavy atom. The van der Waals surface area contributed by atoms with Gasteiger partial charge in [-0.25, -0.2) is 70.9 Å². The van der Waals surface area contributed by atoms with Crippen molar-refractivity contribution in [3.05, 3.63) is 83.0 Å². The molecule has 15 heavy (non-hydrogen) atoms. The monoisotopic (exact) mass is 383 g/mol. The van der Waals surface area contributed by atoms with Gasteiger partial charge in [-0.15, -0.1) is 6.42 Å². The molecule has 0 spiro atoms. The normalized spacial score (nSPS) is 8.27. The van der Waals surface area contributed by atoms with Gasteiger partial charge in [0, 0.05) is 0 Å². The average Bonchev–Trinajstić information content (AvgIpc) is 2.63. The molecular weight excluding hydrogens is 363 g/mol. The minimum Gasteiger partial charge on any atom is -0.273 e. The third-order valence-corrected chi connectivity index (χ3v) is 0.586. The van der Waals surface area contributed by atoms with Crippen LogP contribution >= 0.6 is 0 Å². The number of hydrogen-bond donors (Lipinski definition) is 0. The fourth-order valence-corrected chi connectivity index (χ4v) is 0.340. The maximum Gasteiger partial charge on any atom is 4.00 e. The first kappa shape index (κ1) is 23.7. The number of rotatable bonds is 0.